The van der Waals surface area contributed by atoms with Crippen molar-refractivity contribution in [3.63, 3.8) is 0 Å². The van der Waals surface area contributed by atoms with Crippen molar-refractivity contribution in [2.24, 2.45) is 0 Å². The third-order valence-corrected chi connectivity index (χ3v) is 4.80. The van der Waals surface area contributed by atoms with E-state index in [9.17, 15) is 19.2 Å². The van der Waals surface area contributed by atoms with Crippen molar-refractivity contribution in [1.82, 2.24) is 24.4 Å². The highest BCUT2D eigenvalue weighted by Crippen LogP contribution is 2.18. The van der Waals surface area contributed by atoms with Crippen LogP contribution in [-0.2, 0) is 14.2 Å². The molecule has 0 atom stereocenters. The molecule has 4 rings (SSSR count). The molecule has 0 bridgehead atoms. The summed E-state index contributed by atoms with van der Waals surface area (Å²) in [4.78, 5) is 49.5. The number of aromatic nitrogens is 5. The third kappa shape index (κ3) is 3.67. The first-order valence-corrected chi connectivity index (χ1v) is 9.64. The number of hydrogen-bond acceptors (Lipinski definition) is 10. The van der Waals surface area contributed by atoms with Crippen LogP contribution in [0.1, 0.15) is 38.0 Å². The molecule has 3 heterocycles. The van der Waals surface area contributed by atoms with Crippen molar-refractivity contribution in [2.75, 3.05) is 20.8 Å². The maximum Gasteiger partial charge on any atom is 0.343 e. The monoisotopic (exact) mass is 451 g/mol. The first kappa shape index (κ1) is 21.6. The van der Waals surface area contributed by atoms with Crippen LogP contribution in [0.15, 0.2) is 41.5 Å². The fraction of sp³-hybridized carbons (Fsp3) is 0.190. The van der Waals surface area contributed by atoms with Crippen LogP contribution < -0.4 is 5.56 Å². The summed E-state index contributed by atoms with van der Waals surface area (Å²) in [6.45, 7) is 1.86. The maximum atomic E-state index is 13.2. The Balaban J connectivity index is 1.91. The molecule has 168 valence electrons. The molecule has 0 aliphatic rings. The Morgan fingerprint density at radius 1 is 0.970 bits per heavy atom. The van der Waals surface area contributed by atoms with E-state index in [1.54, 1.807) is 13.0 Å². The SMILES string of the molecule is CCOC(=O)c1cnn2c1nnc1c(=O)n(-c3cc(C(=O)OC)cc(C(=O)OC)c3)ccc12. The standard InChI is InChI=1S/C21H17N5O7/c1-4-33-21(30)14-10-22-26-15-5-6-25(18(27)16(15)23-24-17(14)26)13-8-11(19(28)31-2)7-12(9-13)20(29)32-3/h5-10H,4H2,1-3H3. The molecule has 0 amide bonds. The summed E-state index contributed by atoms with van der Waals surface area (Å²) in [5, 5.41) is 12.1. The highest BCUT2D eigenvalue weighted by molar-refractivity contribution is 5.97. The van der Waals surface area contributed by atoms with Crippen LogP contribution in [0.25, 0.3) is 22.4 Å². The quantitative estimate of drug-likeness (QED) is 0.320. The van der Waals surface area contributed by atoms with E-state index in [2.05, 4.69) is 15.3 Å². The predicted molar refractivity (Wildman–Crippen MR) is 113 cm³/mol. The normalized spacial score (nSPS) is 10.9. The lowest BCUT2D eigenvalue weighted by Crippen LogP contribution is -2.21. The Morgan fingerprint density at radius 3 is 2.24 bits per heavy atom. The van der Waals surface area contributed by atoms with Gasteiger partial charge in [-0.3, -0.25) is 9.36 Å². The Hall–Kier alpha value is -4.61. The summed E-state index contributed by atoms with van der Waals surface area (Å²) in [5.41, 5.74) is 0.223. The van der Waals surface area contributed by atoms with Gasteiger partial charge in [-0.2, -0.15) is 5.10 Å². The molecule has 4 aromatic rings. The minimum Gasteiger partial charge on any atom is -0.465 e. The van der Waals surface area contributed by atoms with E-state index in [-0.39, 0.29) is 40.1 Å². The number of rotatable bonds is 5. The number of benzene rings is 1. The van der Waals surface area contributed by atoms with Crippen LogP contribution in [0.5, 0.6) is 0 Å². The van der Waals surface area contributed by atoms with Crippen molar-refractivity contribution < 1.29 is 28.6 Å². The average Bonchev–Trinajstić information content (AvgIpc) is 3.28. The van der Waals surface area contributed by atoms with Gasteiger partial charge >= 0.3 is 17.9 Å². The number of carbonyl (C=O) groups excluding carboxylic acids is 3. The van der Waals surface area contributed by atoms with Crippen molar-refractivity contribution >= 4 is 34.6 Å². The zero-order valence-corrected chi connectivity index (χ0v) is 17.8. The van der Waals surface area contributed by atoms with E-state index in [0.29, 0.717) is 5.52 Å². The number of fused-ring (bicyclic) bond motifs is 3. The van der Waals surface area contributed by atoms with E-state index >= 15 is 0 Å². The Kier molecular flexibility index (Phi) is 5.56. The predicted octanol–water partition coefficient (Wildman–Crippen LogP) is 1.18. The zero-order chi connectivity index (χ0) is 23.7. The smallest absolute Gasteiger partial charge is 0.343 e. The molecule has 0 saturated carbocycles. The van der Waals surface area contributed by atoms with Gasteiger partial charge in [0, 0.05) is 6.20 Å². The largest absolute Gasteiger partial charge is 0.465 e. The van der Waals surface area contributed by atoms with E-state index < -0.39 is 23.5 Å². The van der Waals surface area contributed by atoms with Crippen molar-refractivity contribution in [1.29, 1.82) is 0 Å². The fourth-order valence-corrected chi connectivity index (χ4v) is 3.27. The molecule has 0 aliphatic heterocycles. The molecule has 0 saturated heterocycles. The van der Waals surface area contributed by atoms with Crippen LogP contribution in [0, 0.1) is 0 Å². The number of nitrogens with zero attached hydrogens (tertiary/aromatic N) is 5. The fourth-order valence-electron chi connectivity index (χ4n) is 3.27. The summed E-state index contributed by atoms with van der Waals surface area (Å²) < 4.78 is 17.0. The van der Waals surface area contributed by atoms with Crippen molar-refractivity contribution in [2.45, 2.75) is 6.92 Å². The maximum absolute atomic E-state index is 13.2. The van der Waals surface area contributed by atoms with Crippen LogP contribution in [0.2, 0.25) is 0 Å². The molecule has 0 spiro atoms. The Bertz CT molecular complexity index is 1450. The first-order valence-electron chi connectivity index (χ1n) is 9.64. The van der Waals surface area contributed by atoms with Crippen LogP contribution in [0.4, 0.5) is 0 Å². The van der Waals surface area contributed by atoms with E-state index in [0.717, 1.165) is 0 Å². The molecule has 0 N–H and O–H groups in total. The van der Waals surface area contributed by atoms with E-state index in [4.69, 9.17) is 14.2 Å². The van der Waals surface area contributed by atoms with Gasteiger partial charge in [-0.1, -0.05) is 0 Å². The molecule has 0 aliphatic carbocycles. The lowest BCUT2D eigenvalue weighted by Gasteiger charge is -2.11. The van der Waals surface area contributed by atoms with E-state index in [1.807, 2.05) is 0 Å². The number of methoxy groups -OCH3 is 2. The topological polar surface area (TPSA) is 144 Å². The van der Waals surface area contributed by atoms with Crippen LogP contribution in [0.3, 0.4) is 0 Å². The summed E-state index contributed by atoms with van der Waals surface area (Å²) in [5.74, 6) is -2.00. The molecular formula is C21H17N5O7. The minimum atomic E-state index is -0.694. The Morgan fingerprint density at radius 2 is 1.64 bits per heavy atom. The molecule has 0 unspecified atom stereocenters. The van der Waals surface area contributed by atoms with E-state index in [1.165, 1.54) is 53.9 Å². The molecular weight excluding hydrogens is 434 g/mol. The summed E-state index contributed by atoms with van der Waals surface area (Å²) in [7, 11) is 2.40. The average molecular weight is 451 g/mol. The Labute approximate surface area is 185 Å². The molecule has 1 aromatic carbocycles. The summed E-state index contributed by atoms with van der Waals surface area (Å²) in [6.07, 6.45) is 2.71. The summed E-state index contributed by atoms with van der Waals surface area (Å²) in [6, 6.07) is 5.63. The molecule has 33 heavy (non-hydrogen) atoms. The van der Waals surface area contributed by atoms with Gasteiger partial charge in [-0.05, 0) is 31.2 Å². The zero-order valence-electron chi connectivity index (χ0n) is 17.8. The van der Waals surface area contributed by atoms with Gasteiger partial charge in [0.25, 0.3) is 5.56 Å². The van der Waals surface area contributed by atoms with Gasteiger partial charge in [-0.15, -0.1) is 10.2 Å². The minimum absolute atomic E-state index is 0.0494. The molecule has 0 radical (unpaired) electrons. The van der Waals surface area contributed by atoms with Crippen LogP contribution >= 0.6 is 0 Å². The third-order valence-electron chi connectivity index (χ3n) is 4.80. The number of esters is 3. The first-order chi connectivity index (χ1) is 15.9. The highest BCUT2D eigenvalue weighted by Gasteiger charge is 2.20. The molecule has 3 aromatic heterocycles. The number of carbonyl (C=O) groups is 3. The molecule has 12 heteroatoms. The number of ether oxygens (including phenoxy) is 3. The molecule has 12 nitrogen and oxygen atoms in total. The van der Waals surface area contributed by atoms with Crippen molar-refractivity contribution in [3.05, 3.63) is 63.7 Å². The van der Waals surface area contributed by atoms with Gasteiger partial charge < -0.3 is 14.2 Å². The van der Waals surface area contributed by atoms with Gasteiger partial charge in [0.2, 0.25) is 0 Å². The lowest BCUT2D eigenvalue weighted by atomic mass is 10.1. The van der Waals surface area contributed by atoms with Gasteiger partial charge in [0.1, 0.15) is 11.1 Å². The highest BCUT2D eigenvalue weighted by atomic mass is 16.5. The van der Waals surface area contributed by atoms with Gasteiger partial charge in [0.15, 0.2) is 11.2 Å². The van der Waals surface area contributed by atoms with Gasteiger partial charge in [0.05, 0.1) is 43.8 Å². The second kappa shape index (κ2) is 8.49. The van der Waals surface area contributed by atoms with Crippen LogP contribution in [-0.4, -0.2) is 63.1 Å². The summed E-state index contributed by atoms with van der Waals surface area (Å²) >= 11 is 0. The lowest BCUT2D eigenvalue weighted by molar-refractivity contribution is 0.0526. The van der Waals surface area contributed by atoms with Gasteiger partial charge in [-0.25, -0.2) is 18.9 Å². The number of pyridine rings is 1. The second-order valence-electron chi connectivity index (χ2n) is 6.69. The second-order valence-corrected chi connectivity index (χ2v) is 6.69. The number of hydrogen-bond donors (Lipinski definition) is 0. The van der Waals surface area contributed by atoms with Crippen molar-refractivity contribution in [3.8, 4) is 5.69 Å². The molecule has 0 fully saturated rings.